The van der Waals surface area contributed by atoms with E-state index in [1.807, 2.05) is 4.90 Å². The van der Waals surface area contributed by atoms with Crippen LogP contribution in [-0.2, 0) is 17.9 Å². The van der Waals surface area contributed by atoms with Crippen molar-refractivity contribution >= 4 is 5.91 Å². The van der Waals surface area contributed by atoms with Gasteiger partial charge >= 0.3 is 0 Å². The molecule has 0 N–H and O–H groups in total. The van der Waals surface area contributed by atoms with Gasteiger partial charge in [0.05, 0.1) is 0 Å². The highest BCUT2D eigenvalue weighted by atomic mass is 16.2. The molecule has 0 saturated heterocycles. The van der Waals surface area contributed by atoms with Gasteiger partial charge in [0.2, 0.25) is 5.91 Å². The molecule has 1 aromatic rings. The molecular weight excluding hydrogens is 210 g/mol. The number of amides is 1. The zero-order valence-corrected chi connectivity index (χ0v) is 10.2. The number of carbonyl (C=O) groups is 1. The first kappa shape index (κ1) is 10.8. The van der Waals surface area contributed by atoms with Gasteiger partial charge in [-0.2, -0.15) is 0 Å². The average molecular weight is 229 g/mol. The van der Waals surface area contributed by atoms with E-state index in [9.17, 15) is 4.79 Å². The Morgan fingerprint density at radius 3 is 2.18 bits per heavy atom. The fourth-order valence-corrected chi connectivity index (χ4v) is 3.10. The van der Waals surface area contributed by atoms with Gasteiger partial charge in [-0.15, -0.1) is 0 Å². The average Bonchev–Trinajstić information content (AvgIpc) is 2.82. The summed E-state index contributed by atoms with van der Waals surface area (Å²) in [6.07, 6.45) is 5.98. The van der Waals surface area contributed by atoms with E-state index in [1.54, 1.807) is 0 Å². The minimum absolute atomic E-state index is 0.304. The summed E-state index contributed by atoms with van der Waals surface area (Å²) in [7, 11) is 0. The number of hydrogen-bond donors (Lipinski definition) is 0. The third-order valence-electron chi connectivity index (χ3n) is 4.11. The number of hydrogen-bond acceptors (Lipinski definition) is 1. The Bertz CT molecular complexity index is 396. The van der Waals surface area contributed by atoms with Gasteiger partial charge in [-0.3, -0.25) is 4.79 Å². The zero-order chi connectivity index (χ0) is 11.7. The van der Waals surface area contributed by atoms with E-state index in [2.05, 4.69) is 24.3 Å². The second kappa shape index (κ2) is 4.52. The van der Waals surface area contributed by atoms with Gasteiger partial charge in [0, 0.05) is 19.0 Å². The number of benzene rings is 1. The summed E-state index contributed by atoms with van der Waals surface area (Å²) >= 11 is 0. The van der Waals surface area contributed by atoms with Crippen molar-refractivity contribution in [3.63, 3.8) is 0 Å². The van der Waals surface area contributed by atoms with E-state index in [-0.39, 0.29) is 0 Å². The quantitative estimate of drug-likeness (QED) is 0.724. The molecule has 1 fully saturated rings. The minimum Gasteiger partial charge on any atom is -0.334 e. The second-order valence-corrected chi connectivity index (χ2v) is 5.30. The summed E-state index contributed by atoms with van der Waals surface area (Å²) in [4.78, 5) is 14.4. The number of fused-ring (bicyclic) bond motifs is 1. The Hall–Kier alpha value is -1.31. The smallest absolute Gasteiger partial charge is 0.226 e. The fourth-order valence-electron chi connectivity index (χ4n) is 3.10. The second-order valence-electron chi connectivity index (χ2n) is 5.30. The standard InChI is InChI=1S/C15H19NO/c17-15(12-6-2-1-3-7-12)16-10-13-8-4-5-9-14(13)11-16/h4-5,8-9,12H,1-3,6-7,10-11H2. The highest BCUT2D eigenvalue weighted by molar-refractivity contribution is 5.79. The summed E-state index contributed by atoms with van der Waals surface area (Å²) < 4.78 is 0. The third kappa shape index (κ3) is 2.08. The highest BCUT2D eigenvalue weighted by Gasteiger charge is 2.29. The van der Waals surface area contributed by atoms with Crippen LogP contribution in [0, 0.1) is 5.92 Å². The summed E-state index contributed by atoms with van der Waals surface area (Å²) in [5.41, 5.74) is 2.66. The van der Waals surface area contributed by atoms with Crippen molar-refractivity contribution in [1.82, 2.24) is 4.90 Å². The Morgan fingerprint density at radius 1 is 1.00 bits per heavy atom. The molecule has 0 unspecified atom stereocenters. The molecule has 0 spiro atoms. The van der Waals surface area contributed by atoms with Crippen molar-refractivity contribution in [1.29, 1.82) is 0 Å². The molecule has 0 atom stereocenters. The van der Waals surface area contributed by atoms with Gasteiger partial charge in [0.15, 0.2) is 0 Å². The molecule has 0 aromatic heterocycles. The molecule has 1 saturated carbocycles. The first-order valence-electron chi connectivity index (χ1n) is 6.70. The topological polar surface area (TPSA) is 20.3 Å². The van der Waals surface area contributed by atoms with Crippen molar-refractivity contribution in [2.45, 2.75) is 45.2 Å². The molecular formula is C15H19NO. The Morgan fingerprint density at radius 2 is 1.59 bits per heavy atom. The van der Waals surface area contributed by atoms with E-state index in [4.69, 9.17) is 0 Å². The van der Waals surface area contributed by atoms with Crippen LogP contribution in [0.15, 0.2) is 24.3 Å². The number of rotatable bonds is 1. The van der Waals surface area contributed by atoms with E-state index in [0.29, 0.717) is 11.8 Å². The SMILES string of the molecule is O=C(C1CCCCC1)N1Cc2ccccc2C1. The lowest BCUT2D eigenvalue weighted by Gasteiger charge is -2.25. The van der Waals surface area contributed by atoms with Crippen LogP contribution in [0.3, 0.4) is 0 Å². The van der Waals surface area contributed by atoms with E-state index >= 15 is 0 Å². The van der Waals surface area contributed by atoms with Gasteiger partial charge in [0.1, 0.15) is 0 Å². The Balaban J connectivity index is 1.69. The lowest BCUT2D eigenvalue weighted by molar-refractivity contribution is -0.137. The maximum Gasteiger partial charge on any atom is 0.226 e. The van der Waals surface area contributed by atoms with Crippen LogP contribution < -0.4 is 0 Å². The van der Waals surface area contributed by atoms with E-state index in [0.717, 1.165) is 25.9 Å². The molecule has 17 heavy (non-hydrogen) atoms. The van der Waals surface area contributed by atoms with Crippen molar-refractivity contribution in [3.8, 4) is 0 Å². The van der Waals surface area contributed by atoms with Crippen LogP contribution >= 0.6 is 0 Å². The fraction of sp³-hybridized carbons (Fsp3) is 0.533. The zero-order valence-electron chi connectivity index (χ0n) is 10.2. The molecule has 1 aliphatic carbocycles. The van der Waals surface area contributed by atoms with Crippen molar-refractivity contribution in [3.05, 3.63) is 35.4 Å². The molecule has 1 amide bonds. The number of carbonyl (C=O) groups excluding carboxylic acids is 1. The molecule has 0 bridgehead atoms. The summed E-state index contributed by atoms with van der Waals surface area (Å²) in [5, 5.41) is 0. The summed E-state index contributed by atoms with van der Waals surface area (Å²) in [6, 6.07) is 8.41. The predicted octanol–water partition coefficient (Wildman–Crippen LogP) is 3.11. The monoisotopic (exact) mass is 229 g/mol. The lowest BCUT2D eigenvalue weighted by atomic mass is 9.88. The summed E-state index contributed by atoms with van der Waals surface area (Å²) in [5.74, 6) is 0.693. The molecule has 1 aliphatic heterocycles. The van der Waals surface area contributed by atoms with Crippen LogP contribution in [0.2, 0.25) is 0 Å². The number of nitrogens with zero attached hydrogens (tertiary/aromatic N) is 1. The van der Waals surface area contributed by atoms with Gasteiger partial charge in [-0.05, 0) is 24.0 Å². The maximum atomic E-state index is 12.4. The van der Waals surface area contributed by atoms with E-state index in [1.165, 1.54) is 30.4 Å². The molecule has 1 aromatic carbocycles. The van der Waals surface area contributed by atoms with Gasteiger partial charge in [-0.1, -0.05) is 43.5 Å². The van der Waals surface area contributed by atoms with Crippen molar-refractivity contribution in [2.24, 2.45) is 5.92 Å². The first-order chi connectivity index (χ1) is 8.34. The first-order valence-corrected chi connectivity index (χ1v) is 6.70. The molecule has 90 valence electrons. The lowest BCUT2D eigenvalue weighted by Crippen LogP contribution is -2.33. The maximum absolute atomic E-state index is 12.4. The van der Waals surface area contributed by atoms with Crippen LogP contribution in [0.25, 0.3) is 0 Å². The molecule has 2 heteroatoms. The molecule has 1 heterocycles. The van der Waals surface area contributed by atoms with Crippen molar-refractivity contribution in [2.75, 3.05) is 0 Å². The van der Waals surface area contributed by atoms with Gasteiger partial charge in [0.25, 0.3) is 0 Å². The van der Waals surface area contributed by atoms with Crippen LogP contribution in [0.4, 0.5) is 0 Å². The molecule has 0 radical (unpaired) electrons. The minimum atomic E-state index is 0.304. The largest absolute Gasteiger partial charge is 0.334 e. The normalized spacial score (nSPS) is 20.4. The Kier molecular flexibility index (Phi) is 2.87. The molecule has 2 nitrogen and oxygen atoms in total. The summed E-state index contributed by atoms with van der Waals surface area (Å²) in [6.45, 7) is 1.65. The third-order valence-corrected chi connectivity index (χ3v) is 4.11. The van der Waals surface area contributed by atoms with Crippen LogP contribution in [0.1, 0.15) is 43.2 Å². The predicted molar refractivity (Wildman–Crippen MR) is 67.3 cm³/mol. The van der Waals surface area contributed by atoms with Crippen LogP contribution in [-0.4, -0.2) is 10.8 Å². The highest BCUT2D eigenvalue weighted by Crippen LogP contribution is 2.29. The molecule has 3 rings (SSSR count). The van der Waals surface area contributed by atoms with Crippen molar-refractivity contribution < 1.29 is 4.79 Å². The van der Waals surface area contributed by atoms with E-state index < -0.39 is 0 Å². The molecule has 2 aliphatic rings. The van der Waals surface area contributed by atoms with Crippen LogP contribution in [0.5, 0.6) is 0 Å². The Labute approximate surface area is 103 Å². The van der Waals surface area contributed by atoms with Gasteiger partial charge in [-0.25, -0.2) is 0 Å². The van der Waals surface area contributed by atoms with Gasteiger partial charge < -0.3 is 4.90 Å².